The Morgan fingerprint density at radius 2 is 2.41 bits per heavy atom. The number of hydrogen-bond acceptors (Lipinski definition) is 4. The van der Waals surface area contributed by atoms with Crippen molar-refractivity contribution in [1.82, 2.24) is 10.6 Å². The van der Waals surface area contributed by atoms with Crippen molar-refractivity contribution in [3.63, 3.8) is 0 Å². The molecule has 1 saturated heterocycles. The molecular formula is C10H18F2N2O3. The number of likely N-dealkylation sites (N-methyl/N-ethyl adjacent to an activating group) is 1. The molecule has 0 saturated carbocycles. The molecule has 0 aromatic carbocycles. The van der Waals surface area contributed by atoms with Crippen LogP contribution in [0.5, 0.6) is 0 Å². The summed E-state index contributed by atoms with van der Waals surface area (Å²) in [5.41, 5.74) is 0. The largest absolute Gasteiger partial charge is 0.480 e. The van der Waals surface area contributed by atoms with Crippen molar-refractivity contribution in [2.24, 2.45) is 0 Å². The average molecular weight is 252 g/mol. The molecule has 3 N–H and O–H groups in total. The number of carboxylic acids is 1. The third-order valence-electron chi connectivity index (χ3n) is 2.76. The smallest absolute Gasteiger partial charge is 0.323 e. The number of piperidine rings is 1. The number of rotatable bonds is 6. The Morgan fingerprint density at radius 3 is 2.88 bits per heavy atom. The second-order valence-electron chi connectivity index (χ2n) is 4.19. The van der Waals surface area contributed by atoms with Crippen molar-refractivity contribution in [2.75, 3.05) is 26.8 Å². The second kappa shape index (κ2) is 6.23. The average Bonchev–Trinajstić information content (AvgIpc) is 2.26. The lowest BCUT2D eigenvalue weighted by Gasteiger charge is -2.29. The number of nitrogens with one attached hydrogen (secondary N) is 2. The van der Waals surface area contributed by atoms with Gasteiger partial charge in [0, 0.05) is 12.5 Å². The van der Waals surface area contributed by atoms with Crippen LogP contribution >= 0.6 is 0 Å². The maximum Gasteiger partial charge on any atom is 0.323 e. The van der Waals surface area contributed by atoms with E-state index in [1.807, 2.05) is 0 Å². The van der Waals surface area contributed by atoms with Gasteiger partial charge in [-0.3, -0.25) is 4.79 Å². The standard InChI is InChI=1S/C10H18F2N2O3/c1-13-8(9(15)16)5-17-4-7-2-3-10(11,12)6-14-7/h7-8,13-14H,2-6H2,1H3,(H,15,16)/t7-,8-/m0/s1. The topological polar surface area (TPSA) is 70.6 Å². The van der Waals surface area contributed by atoms with E-state index < -0.39 is 17.9 Å². The fourth-order valence-corrected chi connectivity index (χ4v) is 1.62. The molecular weight excluding hydrogens is 234 g/mol. The molecule has 1 fully saturated rings. The summed E-state index contributed by atoms with van der Waals surface area (Å²) in [4.78, 5) is 10.6. The highest BCUT2D eigenvalue weighted by Gasteiger charge is 2.34. The maximum atomic E-state index is 12.8. The minimum atomic E-state index is -2.63. The molecule has 7 heteroatoms. The van der Waals surface area contributed by atoms with Gasteiger partial charge in [0.25, 0.3) is 5.92 Å². The minimum Gasteiger partial charge on any atom is -0.480 e. The highest BCUT2D eigenvalue weighted by atomic mass is 19.3. The molecule has 5 nitrogen and oxygen atoms in total. The lowest BCUT2D eigenvalue weighted by atomic mass is 10.0. The monoisotopic (exact) mass is 252 g/mol. The molecule has 0 unspecified atom stereocenters. The molecule has 1 rings (SSSR count). The van der Waals surface area contributed by atoms with Crippen LogP contribution in [0.4, 0.5) is 8.78 Å². The first-order valence-electron chi connectivity index (χ1n) is 5.53. The number of aliphatic carboxylic acids is 1. The predicted octanol–water partition coefficient (Wildman–Crippen LogP) is 0.0629. The van der Waals surface area contributed by atoms with Crippen LogP contribution < -0.4 is 10.6 Å². The summed E-state index contributed by atoms with van der Waals surface area (Å²) in [5.74, 6) is -3.62. The quantitative estimate of drug-likeness (QED) is 0.623. The van der Waals surface area contributed by atoms with Crippen LogP contribution in [0.25, 0.3) is 0 Å². The second-order valence-corrected chi connectivity index (χ2v) is 4.19. The molecule has 1 heterocycles. The zero-order chi connectivity index (χ0) is 12.9. The molecule has 100 valence electrons. The van der Waals surface area contributed by atoms with Gasteiger partial charge in [0.2, 0.25) is 0 Å². The van der Waals surface area contributed by atoms with Crippen LogP contribution in [0.3, 0.4) is 0 Å². The summed E-state index contributed by atoms with van der Waals surface area (Å²) in [7, 11) is 1.53. The van der Waals surface area contributed by atoms with E-state index in [4.69, 9.17) is 9.84 Å². The number of hydrogen-bond donors (Lipinski definition) is 3. The Balaban J connectivity index is 2.17. The molecule has 0 aliphatic carbocycles. The third-order valence-corrected chi connectivity index (χ3v) is 2.76. The molecule has 0 amide bonds. The van der Waals surface area contributed by atoms with Gasteiger partial charge in [-0.1, -0.05) is 0 Å². The van der Waals surface area contributed by atoms with Crippen LogP contribution in [-0.4, -0.2) is 55.9 Å². The highest BCUT2D eigenvalue weighted by Crippen LogP contribution is 2.24. The summed E-state index contributed by atoms with van der Waals surface area (Å²) in [5, 5.41) is 14.0. The number of carboxylic acid groups (broad SMARTS) is 1. The Labute approximate surface area is 98.5 Å². The van der Waals surface area contributed by atoms with Crippen LogP contribution in [0.1, 0.15) is 12.8 Å². The van der Waals surface area contributed by atoms with Gasteiger partial charge in [-0.15, -0.1) is 0 Å². The summed E-state index contributed by atoms with van der Waals surface area (Å²) < 4.78 is 30.8. The summed E-state index contributed by atoms with van der Waals surface area (Å²) >= 11 is 0. The summed E-state index contributed by atoms with van der Waals surface area (Å²) in [6.07, 6.45) is 0.187. The number of ether oxygens (including phenoxy) is 1. The number of halogens is 2. The third kappa shape index (κ3) is 4.93. The van der Waals surface area contributed by atoms with Gasteiger partial charge in [0.05, 0.1) is 19.8 Å². The van der Waals surface area contributed by atoms with Crippen molar-refractivity contribution in [3.05, 3.63) is 0 Å². The summed E-state index contributed by atoms with van der Waals surface area (Å²) in [6, 6.07) is -0.888. The van der Waals surface area contributed by atoms with Gasteiger partial charge >= 0.3 is 5.97 Å². The Morgan fingerprint density at radius 1 is 1.71 bits per heavy atom. The highest BCUT2D eigenvalue weighted by molar-refractivity contribution is 5.73. The fourth-order valence-electron chi connectivity index (χ4n) is 1.62. The first-order valence-corrected chi connectivity index (χ1v) is 5.53. The Kier molecular flexibility index (Phi) is 5.23. The van der Waals surface area contributed by atoms with Crippen LogP contribution in [0.15, 0.2) is 0 Å². The van der Waals surface area contributed by atoms with Crippen molar-refractivity contribution in [2.45, 2.75) is 30.8 Å². The maximum absolute atomic E-state index is 12.8. The van der Waals surface area contributed by atoms with E-state index in [1.165, 1.54) is 7.05 Å². The van der Waals surface area contributed by atoms with E-state index in [9.17, 15) is 13.6 Å². The van der Waals surface area contributed by atoms with Crippen LogP contribution in [0, 0.1) is 0 Å². The van der Waals surface area contributed by atoms with Gasteiger partial charge in [-0.25, -0.2) is 8.78 Å². The van der Waals surface area contributed by atoms with E-state index in [-0.39, 0.29) is 32.2 Å². The molecule has 0 radical (unpaired) electrons. The van der Waals surface area contributed by atoms with Gasteiger partial charge in [0.1, 0.15) is 6.04 Å². The van der Waals surface area contributed by atoms with E-state index >= 15 is 0 Å². The van der Waals surface area contributed by atoms with Gasteiger partial charge in [-0.2, -0.15) is 0 Å². The van der Waals surface area contributed by atoms with E-state index in [2.05, 4.69) is 10.6 Å². The Bertz CT molecular complexity index is 254. The van der Waals surface area contributed by atoms with Crippen LogP contribution in [0.2, 0.25) is 0 Å². The van der Waals surface area contributed by atoms with E-state index in [1.54, 1.807) is 0 Å². The SMILES string of the molecule is CN[C@@H](COC[C@@H]1CCC(F)(F)CN1)C(=O)O. The molecule has 0 aromatic heterocycles. The zero-order valence-corrected chi connectivity index (χ0v) is 9.71. The number of carbonyl (C=O) groups is 1. The first kappa shape index (κ1) is 14.3. The van der Waals surface area contributed by atoms with Gasteiger partial charge in [-0.05, 0) is 13.5 Å². The Hall–Kier alpha value is -0.790. The van der Waals surface area contributed by atoms with E-state index in [0.717, 1.165) is 0 Å². The molecule has 1 aliphatic heterocycles. The van der Waals surface area contributed by atoms with E-state index in [0.29, 0.717) is 6.42 Å². The molecule has 1 aliphatic rings. The normalized spacial score (nSPS) is 25.5. The zero-order valence-electron chi connectivity index (χ0n) is 9.71. The van der Waals surface area contributed by atoms with Gasteiger partial charge in [0.15, 0.2) is 0 Å². The lowest BCUT2D eigenvalue weighted by molar-refractivity contribution is -0.141. The summed E-state index contributed by atoms with van der Waals surface area (Å²) in [6.45, 7) is -0.0582. The lowest BCUT2D eigenvalue weighted by Crippen LogP contribution is -2.48. The number of alkyl halides is 2. The van der Waals surface area contributed by atoms with Crippen molar-refractivity contribution in [1.29, 1.82) is 0 Å². The molecule has 17 heavy (non-hydrogen) atoms. The minimum absolute atomic E-state index is 0.0282. The van der Waals surface area contributed by atoms with Crippen molar-refractivity contribution in [3.8, 4) is 0 Å². The van der Waals surface area contributed by atoms with Gasteiger partial charge < -0.3 is 20.5 Å². The fraction of sp³-hybridized carbons (Fsp3) is 0.900. The first-order chi connectivity index (χ1) is 7.94. The van der Waals surface area contributed by atoms with Crippen LogP contribution in [-0.2, 0) is 9.53 Å². The predicted molar refractivity (Wildman–Crippen MR) is 57.3 cm³/mol. The van der Waals surface area contributed by atoms with Crippen molar-refractivity contribution < 1.29 is 23.4 Å². The molecule has 0 bridgehead atoms. The molecule has 0 spiro atoms. The molecule has 0 aromatic rings. The van der Waals surface area contributed by atoms with Crippen molar-refractivity contribution >= 4 is 5.97 Å². The molecule has 2 atom stereocenters.